The van der Waals surface area contributed by atoms with Gasteiger partial charge in [-0.1, -0.05) is 11.6 Å². The molecular weight excluding hydrogens is 392 g/mol. The summed E-state index contributed by atoms with van der Waals surface area (Å²) in [5.74, 6) is 0.917. The van der Waals surface area contributed by atoms with Crippen molar-refractivity contribution in [2.75, 3.05) is 13.7 Å². The van der Waals surface area contributed by atoms with E-state index in [2.05, 4.69) is 20.5 Å². The number of amides is 1. The quantitative estimate of drug-likeness (QED) is 0.470. The first-order chi connectivity index (χ1) is 14.1. The minimum absolute atomic E-state index is 0.144. The fourth-order valence-electron chi connectivity index (χ4n) is 2.47. The number of ether oxygens (including phenoxy) is 2. The lowest BCUT2D eigenvalue weighted by molar-refractivity contribution is 0.0950. The van der Waals surface area contributed by atoms with E-state index in [0.29, 0.717) is 28.6 Å². The number of nitrogens with zero attached hydrogens (tertiary/aromatic N) is 3. The predicted molar refractivity (Wildman–Crippen MR) is 112 cm³/mol. The number of nitrogens with one attached hydrogen (secondary N) is 1. The van der Waals surface area contributed by atoms with Crippen LogP contribution in [0.25, 0.3) is 11.3 Å². The molecule has 148 valence electrons. The fourth-order valence-corrected chi connectivity index (χ4v) is 2.63. The third kappa shape index (κ3) is 5.30. The monoisotopic (exact) mass is 410 g/mol. The summed E-state index contributed by atoms with van der Waals surface area (Å²) >= 11 is 6.11. The van der Waals surface area contributed by atoms with Crippen LogP contribution in [0.3, 0.4) is 0 Å². The highest BCUT2D eigenvalue weighted by Crippen LogP contribution is 2.21. The van der Waals surface area contributed by atoms with E-state index in [9.17, 15) is 4.79 Å². The molecule has 0 atom stereocenters. The largest absolute Gasteiger partial charge is 0.497 e. The van der Waals surface area contributed by atoms with Crippen molar-refractivity contribution >= 4 is 23.7 Å². The molecule has 0 radical (unpaired) electrons. The van der Waals surface area contributed by atoms with E-state index in [4.69, 9.17) is 21.1 Å². The maximum absolute atomic E-state index is 12.4. The van der Waals surface area contributed by atoms with Gasteiger partial charge in [-0.25, -0.2) is 10.4 Å². The van der Waals surface area contributed by atoms with Crippen molar-refractivity contribution in [2.45, 2.75) is 6.92 Å². The van der Waals surface area contributed by atoms with Gasteiger partial charge in [-0.3, -0.25) is 9.78 Å². The summed E-state index contributed by atoms with van der Waals surface area (Å²) in [6, 6.07) is 12.5. The highest BCUT2D eigenvalue weighted by atomic mass is 35.5. The molecule has 8 heteroatoms. The summed E-state index contributed by atoms with van der Waals surface area (Å²) in [4.78, 5) is 20.8. The standard InChI is InChI=1S/C21H19ClN4O3/c1-3-29-16-6-4-14(5-7-16)19-12-23-13-20(25-19)21(27)26-24-11-15-10-17(28-2)8-9-18(15)22/h4-13H,3H2,1-2H3,(H,26,27)/b24-11+. The number of benzene rings is 2. The molecule has 0 aliphatic heterocycles. The third-order valence-corrected chi connectivity index (χ3v) is 4.25. The van der Waals surface area contributed by atoms with Gasteiger partial charge in [0.05, 0.1) is 38.0 Å². The zero-order valence-corrected chi connectivity index (χ0v) is 16.7. The second-order valence-corrected chi connectivity index (χ2v) is 6.24. The second kappa shape index (κ2) is 9.66. The molecule has 3 aromatic rings. The Bertz CT molecular complexity index is 1020. The summed E-state index contributed by atoms with van der Waals surface area (Å²) in [7, 11) is 1.56. The molecule has 1 N–H and O–H groups in total. The van der Waals surface area contributed by atoms with Gasteiger partial charge in [0, 0.05) is 16.1 Å². The lowest BCUT2D eigenvalue weighted by Gasteiger charge is -2.06. The van der Waals surface area contributed by atoms with Gasteiger partial charge in [0.25, 0.3) is 5.91 Å². The first kappa shape index (κ1) is 20.3. The molecule has 0 aliphatic rings. The minimum atomic E-state index is -0.486. The summed E-state index contributed by atoms with van der Waals surface area (Å²) in [5.41, 5.74) is 4.57. The van der Waals surface area contributed by atoms with Crippen molar-refractivity contribution in [3.05, 3.63) is 71.1 Å². The highest BCUT2D eigenvalue weighted by Gasteiger charge is 2.09. The molecule has 29 heavy (non-hydrogen) atoms. The average molecular weight is 411 g/mol. The van der Waals surface area contributed by atoms with E-state index in [0.717, 1.165) is 11.3 Å². The molecule has 2 aromatic carbocycles. The van der Waals surface area contributed by atoms with Crippen molar-refractivity contribution < 1.29 is 14.3 Å². The summed E-state index contributed by atoms with van der Waals surface area (Å²) in [6.45, 7) is 2.52. The number of carbonyl (C=O) groups excluding carboxylic acids is 1. The minimum Gasteiger partial charge on any atom is -0.497 e. The van der Waals surface area contributed by atoms with Crippen LogP contribution < -0.4 is 14.9 Å². The third-order valence-electron chi connectivity index (χ3n) is 3.90. The van der Waals surface area contributed by atoms with Crippen molar-refractivity contribution in [1.29, 1.82) is 0 Å². The fraction of sp³-hybridized carbons (Fsp3) is 0.143. The molecule has 0 saturated heterocycles. The molecule has 0 aliphatic carbocycles. The Morgan fingerprint density at radius 3 is 2.66 bits per heavy atom. The lowest BCUT2D eigenvalue weighted by Crippen LogP contribution is -2.19. The topological polar surface area (TPSA) is 85.7 Å². The molecule has 1 heterocycles. The van der Waals surface area contributed by atoms with Crippen LogP contribution in [0.1, 0.15) is 23.0 Å². The van der Waals surface area contributed by atoms with Crippen LogP contribution >= 0.6 is 11.6 Å². The van der Waals surface area contributed by atoms with Gasteiger partial charge in [-0.15, -0.1) is 0 Å². The molecule has 1 aromatic heterocycles. The molecular formula is C21H19ClN4O3. The Morgan fingerprint density at radius 1 is 1.17 bits per heavy atom. The van der Waals surface area contributed by atoms with Gasteiger partial charge in [-0.2, -0.15) is 5.10 Å². The van der Waals surface area contributed by atoms with E-state index in [-0.39, 0.29) is 5.69 Å². The Kier molecular flexibility index (Phi) is 6.76. The highest BCUT2D eigenvalue weighted by molar-refractivity contribution is 6.33. The summed E-state index contributed by atoms with van der Waals surface area (Å²) < 4.78 is 10.6. The molecule has 7 nitrogen and oxygen atoms in total. The van der Waals surface area contributed by atoms with E-state index in [1.165, 1.54) is 12.4 Å². The van der Waals surface area contributed by atoms with E-state index in [1.54, 1.807) is 31.5 Å². The second-order valence-electron chi connectivity index (χ2n) is 5.83. The van der Waals surface area contributed by atoms with Crippen molar-refractivity contribution in [3.8, 4) is 22.8 Å². The predicted octanol–water partition coefficient (Wildman–Crippen LogP) is 3.97. The normalized spacial score (nSPS) is 10.7. The number of hydrogen-bond donors (Lipinski definition) is 1. The zero-order chi connectivity index (χ0) is 20.6. The summed E-state index contributed by atoms with van der Waals surface area (Å²) in [5, 5.41) is 4.43. The SMILES string of the molecule is CCOc1ccc(-c2cncc(C(=O)N/N=C/c3cc(OC)ccc3Cl)n2)cc1. The molecule has 0 bridgehead atoms. The molecule has 0 spiro atoms. The van der Waals surface area contributed by atoms with Gasteiger partial charge in [0.15, 0.2) is 0 Å². The van der Waals surface area contributed by atoms with Gasteiger partial charge in [0.2, 0.25) is 0 Å². The van der Waals surface area contributed by atoms with Crippen LogP contribution in [0, 0.1) is 0 Å². The van der Waals surface area contributed by atoms with Crippen LogP contribution in [-0.4, -0.2) is 35.8 Å². The van der Waals surface area contributed by atoms with Crippen molar-refractivity contribution in [1.82, 2.24) is 15.4 Å². The Morgan fingerprint density at radius 2 is 1.93 bits per heavy atom. The Hall–Kier alpha value is -3.45. The number of halogens is 1. The molecule has 0 unspecified atom stereocenters. The number of aromatic nitrogens is 2. The van der Waals surface area contributed by atoms with Gasteiger partial charge >= 0.3 is 0 Å². The molecule has 3 rings (SSSR count). The zero-order valence-electron chi connectivity index (χ0n) is 15.9. The van der Waals surface area contributed by atoms with Gasteiger partial charge in [0.1, 0.15) is 17.2 Å². The maximum atomic E-state index is 12.4. The number of hydrazone groups is 1. The van der Waals surface area contributed by atoms with Crippen LogP contribution in [0.5, 0.6) is 11.5 Å². The first-order valence-corrected chi connectivity index (χ1v) is 9.20. The number of methoxy groups -OCH3 is 1. The Balaban J connectivity index is 1.71. The van der Waals surface area contributed by atoms with Crippen LogP contribution in [0.4, 0.5) is 0 Å². The van der Waals surface area contributed by atoms with Crippen LogP contribution in [-0.2, 0) is 0 Å². The van der Waals surface area contributed by atoms with E-state index < -0.39 is 5.91 Å². The molecule has 1 amide bonds. The van der Waals surface area contributed by atoms with E-state index >= 15 is 0 Å². The number of hydrogen-bond acceptors (Lipinski definition) is 6. The van der Waals surface area contributed by atoms with Gasteiger partial charge in [-0.05, 0) is 49.4 Å². The smallest absolute Gasteiger partial charge is 0.291 e. The van der Waals surface area contributed by atoms with Crippen molar-refractivity contribution in [2.24, 2.45) is 5.10 Å². The molecule has 0 fully saturated rings. The van der Waals surface area contributed by atoms with Crippen molar-refractivity contribution in [3.63, 3.8) is 0 Å². The Labute approximate surface area is 173 Å². The van der Waals surface area contributed by atoms with E-state index in [1.807, 2.05) is 31.2 Å². The average Bonchev–Trinajstić information content (AvgIpc) is 2.76. The van der Waals surface area contributed by atoms with Crippen LogP contribution in [0.2, 0.25) is 5.02 Å². The summed E-state index contributed by atoms with van der Waals surface area (Å²) in [6.07, 6.45) is 4.40. The van der Waals surface area contributed by atoms with Gasteiger partial charge < -0.3 is 9.47 Å². The van der Waals surface area contributed by atoms with Crippen LogP contribution in [0.15, 0.2) is 60.0 Å². The number of carbonyl (C=O) groups is 1. The number of rotatable bonds is 7. The molecule has 0 saturated carbocycles. The first-order valence-electron chi connectivity index (χ1n) is 8.83. The maximum Gasteiger partial charge on any atom is 0.291 e. The lowest BCUT2D eigenvalue weighted by atomic mass is 10.1.